The predicted molar refractivity (Wildman–Crippen MR) is 74.4 cm³/mol. The third-order valence-electron chi connectivity index (χ3n) is 3.21. The number of hydrogen-bond donors (Lipinski definition) is 2. The summed E-state index contributed by atoms with van der Waals surface area (Å²) in [6, 6.07) is 9.44. The summed E-state index contributed by atoms with van der Waals surface area (Å²) < 4.78 is 18.7. The van der Waals surface area contributed by atoms with Crippen LogP contribution in [0.25, 0.3) is 0 Å². The second kappa shape index (κ2) is 4.85. The van der Waals surface area contributed by atoms with Crippen LogP contribution in [-0.4, -0.2) is 12.5 Å². The number of ether oxygens (including phenoxy) is 1. The lowest BCUT2D eigenvalue weighted by molar-refractivity contribution is 0.102. The Hall–Kier alpha value is -2.56. The van der Waals surface area contributed by atoms with Crippen LogP contribution in [0.5, 0.6) is 5.75 Å². The summed E-state index contributed by atoms with van der Waals surface area (Å²) in [6.45, 7) is 0.663. The molecule has 0 unspecified atom stereocenters. The average Bonchev–Trinajstić information content (AvgIpc) is 2.89. The number of anilines is 2. The number of rotatable bonds is 2. The van der Waals surface area contributed by atoms with E-state index in [4.69, 9.17) is 10.5 Å². The van der Waals surface area contributed by atoms with Gasteiger partial charge in [0.15, 0.2) is 0 Å². The molecule has 0 spiro atoms. The van der Waals surface area contributed by atoms with Crippen LogP contribution in [0.15, 0.2) is 36.4 Å². The smallest absolute Gasteiger partial charge is 0.255 e. The normalized spacial score (nSPS) is 12.7. The van der Waals surface area contributed by atoms with Crippen LogP contribution in [0, 0.1) is 5.82 Å². The van der Waals surface area contributed by atoms with Gasteiger partial charge in [-0.2, -0.15) is 0 Å². The van der Waals surface area contributed by atoms with Gasteiger partial charge in [0.2, 0.25) is 0 Å². The maximum absolute atomic E-state index is 13.3. The Labute approximate surface area is 115 Å². The molecule has 0 saturated carbocycles. The van der Waals surface area contributed by atoms with Gasteiger partial charge in [0, 0.05) is 17.7 Å². The Kier molecular flexibility index (Phi) is 3.02. The van der Waals surface area contributed by atoms with Gasteiger partial charge in [-0.25, -0.2) is 4.39 Å². The van der Waals surface area contributed by atoms with Gasteiger partial charge in [-0.3, -0.25) is 4.79 Å². The second-order valence-electron chi connectivity index (χ2n) is 4.61. The van der Waals surface area contributed by atoms with E-state index in [1.165, 1.54) is 12.1 Å². The molecule has 1 amide bonds. The second-order valence-corrected chi connectivity index (χ2v) is 4.61. The van der Waals surface area contributed by atoms with Crippen LogP contribution in [0.2, 0.25) is 0 Å². The number of halogens is 1. The van der Waals surface area contributed by atoms with Crippen molar-refractivity contribution < 1.29 is 13.9 Å². The largest absolute Gasteiger partial charge is 0.493 e. The van der Waals surface area contributed by atoms with Gasteiger partial charge in [0.25, 0.3) is 5.91 Å². The van der Waals surface area contributed by atoms with E-state index in [0.29, 0.717) is 12.3 Å². The highest BCUT2D eigenvalue weighted by Gasteiger charge is 2.14. The van der Waals surface area contributed by atoms with Gasteiger partial charge in [-0.1, -0.05) is 0 Å². The van der Waals surface area contributed by atoms with Crippen molar-refractivity contribution in [3.05, 3.63) is 53.3 Å². The van der Waals surface area contributed by atoms with Crippen molar-refractivity contribution >= 4 is 17.3 Å². The van der Waals surface area contributed by atoms with E-state index >= 15 is 0 Å². The summed E-state index contributed by atoms with van der Waals surface area (Å²) in [5.41, 5.74) is 7.36. The van der Waals surface area contributed by atoms with Crippen molar-refractivity contribution in [1.82, 2.24) is 0 Å². The molecule has 0 aromatic heterocycles. The molecule has 0 aliphatic carbocycles. The molecule has 5 heteroatoms. The first-order valence-corrected chi connectivity index (χ1v) is 6.25. The van der Waals surface area contributed by atoms with Crippen LogP contribution < -0.4 is 15.8 Å². The molecule has 0 bridgehead atoms. The molecule has 4 nitrogen and oxygen atoms in total. The number of nitrogen functional groups attached to an aromatic ring is 1. The first-order chi connectivity index (χ1) is 9.63. The molecule has 102 valence electrons. The van der Waals surface area contributed by atoms with Gasteiger partial charge in [0.1, 0.15) is 11.6 Å². The van der Waals surface area contributed by atoms with Crippen molar-refractivity contribution in [2.45, 2.75) is 6.42 Å². The van der Waals surface area contributed by atoms with E-state index in [1.807, 2.05) is 12.1 Å². The minimum absolute atomic E-state index is 0.0243. The van der Waals surface area contributed by atoms with Gasteiger partial charge in [-0.05, 0) is 42.0 Å². The lowest BCUT2D eigenvalue weighted by Gasteiger charge is -2.07. The minimum Gasteiger partial charge on any atom is -0.493 e. The molecular weight excluding hydrogens is 259 g/mol. The van der Waals surface area contributed by atoms with Crippen molar-refractivity contribution in [3.8, 4) is 5.75 Å². The Bertz CT molecular complexity index is 686. The van der Waals surface area contributed by atoms with E-state index < -0.39 is 5.82 Å². The quantitative estimate of drug-likeness (QED) is 0.826. The fourth-order valence-corrected chi connectivity index (χ4v) is 2.14. The molecule has 1 heterocycles. The van der Waals surface area contributed by atoms with Gasteiger partial charge in [0.05, 0.1) is 12.3 Å². The topological polar surface area (TPSA) is 64.4 Å². The number of fused-ring (bicyclic) bond motifs is 1. The molecule has 0 fully saturated rings. The summed E-state index contributed by atoms with van der Waals surface area (Å²) in [7, 11) is 0. The van der Waals surface area contributed by atoms with Crippen LogP contribution in [0.4, 0.5) is 15.8 Å². The van der Waals surface area contributed by atoms with Crippen LogP contribution in [0.1, 0.15) is 15.9 Å². The lowest BCUT2D eigenvalue weighted by atomic mass is 10.1. The lowest BCUT2D eigenvalue weighted by Crippen LogP contribution is -2.12. The number of nitrogens with two attached hydrogens (primary N) is 1. The number of nitrogens with one attached hydrogen (secondary N) is 1. The number of amides is 1. The zero-order valence-corrected chi connectivity index (χ0v) is 10.7. The molecule has 2 aromatic carbocycles. The van der Waals surface area contributed by atoms with Crippen LogP contribution in [0.3, 0.4) is 0 Å². The summed E-state index contributed by atoms with van der Waals surface area (Å²) in [5.74, 6) is -0.121. The van der Waals surface area contributed by atoms with Crippen molar-refractivity contribution in [2.75, 3.05) is 17.7 Å². The Morgan fingerprint density at radius 1 is 1.25 bits per heavy atom. The Balaban J connectivity index is 1.80. The van der Waals surface area contributed by atoms with Crippen LogP contribution in [-0.2, 0) is 6.42 Å². The molecule has 3 N–H and O–H groups in total. The summed E-state index contributed by atoms with van der Waals surface area (Å²) in [4.78, 5) is 12.0. The number of benzene rings is 2. The first kappa shape index (κ1) is 12.5. The number of carbonyl (C=O) groups excluding carboxylic acids is 1. The first-order valence-electron chi connectivity index (χ1n) is 6.25. The molecule has 0 radical (unpaired) electrons. The summed E-state index contributed by atoms with van der Waals surface area (Å²) in [5, 5.41) is 2.73. The predicted octanol–water partition coefficient (Wildman–Crippen LogP) is 2.60. The maximum Gasteiger partial charge on any atom is 0.255 e. The van der Waals surface area contributed by atoms with E-state index in [1.54, 1.807) is 6.07 Å². The molecule has 1 aliphatic rings. The molecule has 0 atom stereocenters. The summed E-state index contributed by atoms with van der Waals surface area (Å²) in [6.07, 6.45) is 0.829. The molecule has 3 rings (SSSR count). The Morgan fingerprint density at radius 2 is 2.10 bits per heavy atom. The average molecular weight is 272 g/mol. The van der Waals surface area contributed by atoms with Crippen molar-refractivity contribution in [3.63, 3.8) is 0 Å². The monoisotopic (exact) mass is 272 g/mol. The molecule has 2 aromatic rings. The highest BCUT2D eigenvalue weighted by molar-refractivity contribution is 6.04. The fraction of sp³-hybridized carbons (Fsp3) is 0.133. The number of carbonyl (C=O) groups is 1. The zero-order valence-electron chi connectivity index (χ0n) is 10.7. The highest BCUT2D eigenvalue weighted by atomic mass is 19.1. The summed E-state index contributed by atoms with van der Waals surface area (Å²) >= 11 is 0. The van der Waals surface area contributed by atoms with Crippen LogP contribution >= 0.6 is 0 Å². The maximum atomic E-state index is 13.3. The van der Waals surface area contributed by atoms with E-state index in [0.717, 1.165) is 23.8 Å². The van der Waals surface area contributed by atoms with Gasteiger partial charge >= 0.3 is 0 Å². The van der Waals surface area contributed by atoms with Crippen molar-refractivity contribution in [1.29, 1.82) is 0 Å². The number of hydrogen-bond acceptors (Lipinski definition) is 3. The SMILES string of the molecule is Nc1ccc(C(=O)Nc2ccc3c(c2)CCO3)cc1F. The minimum atomic E-state index is -0.597. The van der Waals surface area contributed by atoms with E-state index in [-0.39, 0.29) is 17.2 Å². The zero-order chi connectivity index (χ0) is 14.1. The third kappa shape index (κ3) is 2.30. The third-order valence-corrected chi connectivity index (χ3v) is 3.21. The van der Waals surface area contributed by atoms with Crippen molar-refractivity contribution in [2.24, 2.45) is 0 Å². The highest BCUT2D eigenvalue weighted by Crippen LogP contribution is 2.28. The standard InChI is InChI=1S/C15H13FN2O2/c16-12-8-10(1-3-13(12)17)15(19)18-11-2-4-14-9(7-11)5-6-20-14/h1-4,7-8H,5-6,17H2,(H,18,19). The molecule has 20 heavy (non-hydrogen) atoms. The van der Waals surface area contributed by atoms with E-state index in [9.17, 15) is 9.18 Å². The molecular formula is C15H13FN2O2. The Morgan fingerprint density at radius 3 is 2.90 bits per heavy atom. The van der Waals surface area contributed by atoms with Gasteiger partial charge in [-0.15, -0.1) is 0 Å². The molecule has 1 aliphatic heterocycles. The van der Waals surface area contributed by atoms with Gasteiger partial charge < -0.3 is 15.8 Å². The molecule has 0 saturated heterocycles. The fourth-order valence-electron chi connectivity index (χ4n) is 2.14. The van der Waals surface area contributed by atoms with E-state index in [2.05, 4.69) is 5.32 Å².